The van der Waals surface area contributed by atoms with Gasteiger partial charge in [0, 0.05) is 24.0 Å². The Hall–Kier alpha value is -0.840. The monoisotopic (exact) mass is 280 g/mol. The van der Waals surface area contributed by atoms with Gasteiger partial charge >= 0.3 is 0 Å². The number of ether oxygens (including phenoxy) is 1. The van der Waals surface area contributed by atoms with Crippen molar-refractivity contribution in [3.63, 3.8) is 0 Å². The van der Waals surface area contributed by atoms with E-state index in [1.54, 1.807) is 0 Å². The number of anilines is 1. The van der Waals surface area contributed by atoms with Crippen molar-refractivity contribution in [3.8, 4) is 0 Å². The normalized spacial score (nSPS) is 18.7. The maximum Gasteiger partial charge on any atom is 0.0916 e. The Morgan fingerprint density at radius 3 is 2.89 bits per heavy atom. The highest BCUT2D eigenvalue weighted by Gasteiger charge is 2.13. The molecular weight excluding hydrogens is 256 g/mol. The van der Waals surface area contributed by atoms with Crippen molar-refractivity contribution in [1.82, 2.24) is 5.32 Å². The molecule has 0 saturated carbocycles. The zero-order valence-electron chi connectivity index (χ0n) is 12.1. The van der Waals surface area contributed by atoms with Gasteiger partial charge in [-0.2, -0.15) is 0 Å². The third-order valence-corrected chi connectivity index (χ3v) is 4.59. The van der Waals surface area contributed by atoms with Gasteiger partial charge < -0.3 is 15.0 Å². The predicted molar refractivity (Wildman–Crippen MR) is 84.1 cm³/mol. The van der Waals surface area contributed by atoms with Crippen LogP contribution in [0.4, 0.5) is 5.00 Å². The van der Waals surface area contributed by atoms with Gasteiger partial charge in [0.1, 0.15) is 0 Å². The van der Waals surface area contributed by atoms with Crippen LogP contribution in [0.15, 0.2) is 17.7 Å². The molecule has 1 N–H and O–H groups in total. The second-order valence-electron chi connectivity index (χ2n) is 4.94. The molecule has 4 heteroatoms. The molecule has 0 spiro atoms. The third-order valence-electron chi connectivity index (χ3n) is 3.50. The summed E-state index contributed by atoms with van der Waals surface area (Å²) in [6.45, 7) is 11.3. The Kier molecular flexibility index (Phi) is 5.43. The number of thiophene rings is 1. The molecule has 1 aromatic rings. The van der Waals surface area contributed by atoms with Gasteiger partial charge in [-0.25, -0.2) is 0 Å². The molecule has 0 radical (unpaired) electrons. The number of likely N-dealkylation sites (N-methyl/N-ethyl adjacent to an activating group) is 1. The Labute approximate surface area is 120 Å². The van der Waals surface area contributed by atoms with Gasteiger partial charge in [-0.15, -0.1) is 11.3 Å². The van der Waals surface area contributed by atoms with Crippen LogP contribution in [0.3, 0.4) is 0 Å². The molecule has 1 aliphatic rings. The molecule has 1 aromatic heterocycles. The van der Waals surface area contributed by atoms with E-state index in [1.807, 2.05) is 11.3 Å². The number of morpholine rings is 1. The summed E-state index contributed by atoms with van der Waals surface area (Å²) in [6, 6.07) is 4.89. The molecule has 0 bridgehead atoms. The fraction of sp³-hybridized carbons (Fsp3) is 0.600. The largest absolute Gasteiger partial charge is 0.378 e. The van der Waals surface area contributed by atoms with E-state index in [1.165, 1.54) is 15.5 Å². The van der Waals surface area contributed by atoms with Crippen LogP contribution in [0, 0.1) is 0 Å². The quantitative estimate of drug-likeness (QED) is 0.897. The Morgan fingerprint density at radius 1 is 1.47 bits per heavy atom. The number of rotatable bonds is 5. The van der Waals surface area contributed by atoms with Gasteiger partial charge in [-0.3, -0.25) is 0 Å². The van der Waals surface area contributed by atoms with Crippen LogP contribution in [-0.2, 0) is 4.74 Å². The minimum atomic E-state index is 0.443. The maximum atomic E-state index is 5.39. The smallest absolute Gasteiger partial charge is 0.0916 e. The minimum Gasteiger partial charge on any atom is -0.378 e. The van der Waals surface area contributed by atoms with Crippen molar-refractivity contribution >= 4 is 22.4 Å². The van der Waals surface area contributed by atoms with Crippen LogP contribution >= 0.6 is 11.3 Å². The SMILES string of the molecule is CCNC(C)/C(C)=C/c1ccc(N2CCOCC2)s1. The lowest BCUT2D eigenvalue weighted by Crippen LogP contribution is -2.35. The molecule has 106 valence electrons. The third kappa shape index (κ3) is 4.06. The molecule has 2 rings (SSSR count). The van der Waals surface area contributed by atoms with Gasteiger partial charge in [0.2, 0.25) is 0 Å². The van der Waals surface area contributed by atoms with Crippen molar-refractivity contribution in [3.05, 3.63) is 22.6 Å². The molecular formula is C15H24N2OS. The summed E-state index contributed by atoms with van der Waals surface area (Å²) in [5.41, 5.74) is 1.39. The van der Waals surface area contributed by atoms with Gasteiger partial charge in [0.25, 0.3) is 0 Å². The fourth-order valence-electron chi connectivity index (χ4n) is 2.19. The first-order valence-electron chi connectivity index (χ1n) is 7.05. The Bertz CT molecular complexity index is 422. The van der Waals surface area contributed by atoms with E-state index in [-0.39, 0.29) is 0 Å². The maximum absolute atomic E-state index is 5.39. The molecule has 1 atom stereocenters. The van der Waals surface area contributed by atoms with E-state index >= 15 is 0 Å². The lowest BCUT2D eigenvalue weighted by molar-refractivity contribution is 0.123. The molecule has 1 saturated heterocycles. The number of nitrogens with one attached hydrogen (secondary N) is 1. The summed E-state index contributed by atoms with van der Waals surface area (Å²) in [4.78, 5) is 3.75. The van der Waals surface area contributed by atoms with Crippen molar-refractivity contribution in [2.45, 2.75) is 26.8 Å². The summed E-state index contributed by atoms with van der Waals surface area (Å²) < 4.78 is 5.39. The zero-order chi connectivity index (χ0) is 13.7. The van der Waals surface area contributed by atoms with E-state index in [2.05, 4.69) is 49.2 Å². The average molecular weight is 280 g/mol. The van der Waals surface area contributed by atoms with Crippen LogP contribution in [0.25, 0.3) is 6.08 Å². The Balaban J connectivity index is 2.01. The van der Waals surface area contributed by atoms with Crippen LogP contribution in [0.2, 0.25) is 0 Å². The fourth-order valence-corrected chi connectivity index (χ4v) is 3.26. The summed E-state index contributed by atoms with van der Waals surface area (Å²) in [7, 11) is 0. The van der Waals surface area contributed by atoms with E-state index in [0.29, 0.717) is 6.04 Å². The predicted octanol–water partition coefficient (Wildman–Crippen LogP) is 2.99. The molecule has 0 amide bonds. The first-order valence-corrected chi connectivity index (χ1v) is 7.86. The molecule has 0 aliphatic carbocycles. The van der Waals surface area contributed by atoms with E-state index in [0.717, 1.165) is 32.8 Å². The molecule has 1 fully saturated rings. The van der Waals surface area contributed by atoms with Crippen LogP contribution in [-0.4, -0.2) is 38.9 Å². The average Bonchev–Trinajstić information content (AvgIpc) is 2.88. The lowest BCUT2D eigenvalue weighted by atomic mass is 10.1. The molecule has 1 aliphatic heterocycles. The second kappa shape index (κ2) is 7.08. The lowest BCUT2D eigenvalue weighted by Gasteiger charge is -2.27. The standard InChI is InChI=1S/C15H24N2OS/c1-4-16-13(3)12(2)11-14-5-6-15(19-14)17-7-9-18-10-8-17/h5-6,11,13,16H,4,7-10H2,1-3H3/b12-11+. The zero-order valence-corrected chi connectivity index (χ0v) is 12.9. The number of hydrogen-bond acceptors (Lipinski definition) is 4. The first-order chi connectivity index (χ1) is 9.20. The molecule has 0 aromatic carbocycles. The van der Waals surface area contributed by atoms with E-state index < -0.39 is 0 Å². The van der Waals surface area contributed by atoms with Gasteiger partial charge in [-0.05, 0) is 38.6 Å². The van der Waals surface area contributed by atoms with Crippen molar-refractivity contribution < 1.29 is 4.74 Å². The highest BCUT2D eigenvalue weighted by molar-refractivity contribution is 7.16. The molecule has 19 heavy (non-hydrogen) atoms. The minimum absolute atomic E-state index is 0.443. The highest BCUT2D eigenvalue weighted by atomic mass is 32.1. The molecule has 1 unspecified atom stereocenters. The summed E-state index contributed by atoms with van der Waals surface area (Å²) in [6.07, 6.45) is 2.29. The van der Waals surface area contributed by atoms with Crippen LogP contribution < -0.4 is 10.2 Å². The molecule has 2 heterocycles. The summed E-state index contributed by atoms with van der Waals surface area (Å²) in [5.74, 6) is 0. The van der Waals surface area contributed by atoms with Crippen molar-refractivity contribution in [2.75, 3.05) is 37.7 Å². The van der Waals surface area contributed by atoms with Crippen molar-refractivity contribution in [2.24, 2.45) is 0 Å². The molecule has 3 nitrogen and oxygen atoms in total. The number of nitrogens with zero attached hydrogens (tertiary/aromatic N) is 1. The van der Waals surface area contributed by atoms with Gasteiger partial charge in [0.05, 0.1) is 18.2 Å². The van der Waals surface area contributed by atoms with Gasteiger partial charge in [0.15, 0.2) is 0 Å². The first kappa shape index (κ1) is 14.6. The topological polar surface area (TPSA) is 24.5 Å². The number of hydrogen-bond donors (Lipinski definition) is 1. The summed E-state index contributed by atoms with van der Waals surface area (Å²) in [5, 5.41) is 4.80. The second-order valence-corrected chi connectivity index (χ2v) is 6.04. The van der Waals surface area contributed by atoms with Gasteiger partial charge in [-0.1, -0.05) is 12.5 Å². The van der Waals surface area contributed by atoms with Crippen LogP contribution in [0.1, 0.15) is 25.6 Å². The van der Waals surface area contributed by atoms with E-state index in [4.69, 9.17) is 4.74 Å². The van der Waals surface area contributed by atoms with Crippen LogP contribution in [0.5, 0.6) is 0 Å². The van der Waals surface area contributed by atoms with Crippen molar-refractivity contribution in [1.29, 1.82) is 0 Å². The Morgan fingerprint density at radius 2 is 2.21 bits per heavy atom. The highest BCUT2D eigenvalue weighted by Crippen LogP contribution is 2.28. The summed E-state index contributed by atoms with van der Waals surface area (Å²) >= 11 is 1.87. The van der Waals surface area contributed by atoms with E-state index in [9.17, 15) is 0 Å².